The summed E-state index contributed by atoms with van der Waals surface area (Å²) in [4.78, 5) is 207. The number of nitrogens with two attached hydrogens (primary N) is 2. The molecule has 10 atom stereocenters. The second-order valence-electron chi connectivity index (χ2n) is 29.9. The number of rotatable bonds is 22. The van der Waals surface area contributed by atoms with Gasteiger partial charge >= 0.3 is 0 Å². The zero-order chi connectivity index (χ0) is 85.4. The number of fused-ring (bicyclic) bond motifs is 1. The Morgan fingerprint density at radius 1 is 0.496 bits per heavy atom. The topological polar surface area (TPSA) is 531 Å². The predicted octanol–water partition coefficient (Wildman–Crippen LogP) is -0.125. The van der Waals surface area contributed by atoms with Gasteiger partial charge in [0.1, 0.15) is 71.9 Å². The molecule has 117 heavy (non-hydrogen) atoms. The van der Waals surface area contributed by atoms with Gasteiger partial charge in [0, 0.05) is 68.5 Å². The van der Waals surface area contributed by atoms with Crippen molar-refractivity contribution in [2.75, 3.05) is 44.7 Å². The number of likely N-dealkylation sites (N-methyl/N-ethyl adjacent to an activating group) is 1. The number of aromatic nitrogens is 1. The first-order chi connectivity index (χ1) is 55.7. The first kappa shape index (κ1) is 91.6. The fourth-order valence-electron chi connectivity index (χ4n) is 13.0. The maximum Gasteiger partial charge on any atom is 0.245 e. The number of amides is 14. The minimum atomic E-state index is -1.55. The number of primary amides is 1. The summed E-state index contributed by atoms with van der Waals surface area (Å²) in [5.74, 6) is -15.0. The second kappa shape index (κ2) is 45.5. The number of nitrogens with zero attached hydrogens (tertiary/aromatic N) is 1. The van der Waals surface area contributed by atoms with Crippen LogP contribution in [0.15, 0.2) is 140 Å². The van der Waals surface area contributed by atoms with Gasteiger partial charge in [0.15, 0.2) is 5.96 Å². The molecule has 0 unspecified atom stereocenters. The van der Waals surface area contributed by atoms with E-state index in [1.54, 1.807) is 133 Å². The van der Waals surface area contributed by atoms with Crippen molar-refractivity contribution in [1.29, 1.82) is 5.41 Å². The van der Waals surface area contributed by atoms with E-state index in [1.165, 1.54) is 55.6 Å². The monoisotopic (exact) mass is 1630 g/mol. The summed E-state index contributed by atoms with van der Waals surface area (Å²) < 4.78 is 0. The van der Waals surface area contributed by atoms with Crippen LogP contribution in [0.5, 0.6) is 11.5 Å². The molecule has 1 saturated heterocycles. The summed E-state index contributed by atoms with van der Waals surface area (Å²) >= 11 is 0.834. The summed E-state index contributed by atoms with van der Waals surface area (Å²) in [6, 6.07) is 21.2. The lowest BCUT2D eigenvalue weighted by Gasteiger charge is -2.33. The zero-order valence-corrected chi connectivity index (χ0v) is 67.3. The van der Waals surface area contributed by atoms with Crippen LogP contribution >= 0.6 is 11.8 Å². The molecule has 0 saturated carbocycles. The van der Waals surface area contributed by atoms with E-state index in [4.69, 9.17) is 16.9 Å². The van der Waals surface area contributed by atoms with Crippen molar-refractivity contribution in [3.63, 3.8) is 0 Å². The smallest absolute Gasteiger partial charge is 0.245 e. The van der Waals surface area contributed by atoms with Crippen molar-refractivity contribution < 1.29 is 77.3 Å². The molecular formula is C82H108N18O16S. The molecular weight excluding hydrogens is 1530 g/mol. The van der Waals surface area contributed by atoms with Crippen molar-refractivity contribution in [3.8, 4) is 11.5 Å². The zero-order valence-electron chi connectivity index (χ0n) is 66.5. The number of aromatic amines is 1. The number of thioether (sulfide) groups is 1. The molecule has 5 aromatic carbocycles. The summed E-state index contributed by atoms with van der Waals surface area (Å²) in [5.41, 5.74) is 14.2. The Hall–Kier alpha value is -12.6. The van der Waals surface area contributed by atoms with Crippen LogP contribution in [-0.2, 0) is 99.2 Å². The van der Waals surface area contributed by atoms with E-state index in [1.807, 2.05) is 0 Å². The highest BCUT2D eigenvalue weighted by atomic mass is 32.2. The van der Waals surface area contributed by atoms with Gasteiger partial charge in [0.2, 0.25) is 82.7 Å². The van der Waals surface area contributed by atoms with E-state index in [-0.39, 0.29) is 99.4 Å². The summed E-state index contributed by atoms with van der Waals surface area (Å²) in [7, 11) is 1.33. The average molecular weight is 1630 g/mol. The minimum absolute atomic E-state index is 0.0154. The maximum atomic E-state index is 15.6. The van der Waals surface area contributed by atoms with E-state index in [2.05, 4.69) is 74.1 Å². The number of para-hydroxylation sites is 1. The second-order valence-corrected chi connectivity index (χ2v) is 31.0. The molecule has 1 aliphatic heterocycles. The predicted molar refractivity (Wildman–Crippen MR) is 438 cm³/mol. The molecule has 0 aliphatic carbocycles. The highest BCUT2D eigenvalue weighted by Gasteiger charge is 2.39. The van der Waals surface area contributed by atoms with Crippen molar-refractivity contribution in [2.45, 2.75) is 160 Å². The largest absolute Gasteiger partial charge is 0.508 e. The highest BCUT2D eigenvalue weighted by molar-refractivity contribution is 8.00. The Morgan fingerprint density at radius 2 is 0.966 bits per heavy atom. The van der Waals surface area contributed by atoms with Gasteiger partial charge in [0.25, 0.3) is 0 Å². The molecule has 628 valence electrons. The van der Waals surface area contributed by atoms with Crippen LogP contribution in [-0.4, -0.2) is 214 Å². The van der Waals surface area contributed by atoms with Crippen molar-refractivity contribution in [3.05, 3.63) is 167 Å². The molecule has 21 N–H and O–H groups in total. The van der Waals surface area contributed by atoms with Crippen LogP contribution in [0.3, 0.4) is 0 Å². The number of hydrogen-bond donors (Lipinski definition) is 19. The number of guanidine groups is 1. The molecule has 0 radical (unpaired) electrons. The summed E-state index contributed by atoms with van der Waals surface area (Å²) in [6.07, 6.45) is 0.564. The Bertz CT molecular complexity index is 4440. The van der Waals surface area contributed by atoms with Gasteiger partial charge in [0.05, 0.1) is 25.4 Å². The first-order valence-corrected chi connectivity index (χ1v) is 39.8. The molecule has 35 heteroatoms. The van der Waals surface area contributed by atoms with Crippen molar-refractivity contribution in [2.24, 2.45) is 29.2 Å². The summed E-state index contributed by atoms with van der Waals surface area (Å²) in [5, 5.41) is 63.5. The minimum Gasteiger partial charge on any atom is -0.508 e. The van der Waals surface area contributed by atoms with Crippen LogP contribution in [0.4, 0.5) is 0 Å². The van der Waals surface area contributed by atoms with Crippen LogP contribution < -0.4 is 80.6 Å². The number of nitrogens with one attached hydrogen (secondary N) is 15. The van der Waals surface area contributed by atoms with Gasteiger partial charge in [-0.25, -0.2) is 0 Å². The number of phenols is 2. The molecule has 0 bridgehead atoms. The highest BCUT2D eigenvalue weighted by Crippen LogP contribution is 2.23. The normalized spacial score (nSPS) is 21.7. The number of carbonyl (C=O) groups is 14. The van der Waals surface area contributed by atoms with Crippen LogP contribution in [0.25, 0.3) is 10.9 Å². The Morgan fingerprint density at radius 3 is 1.53 bits per heavy atom. The van der Waals surface area contributed by atoms with E-state index in [0.29, 0.717) is 38.7 Å². The molecule has 1 aliphatic rings. The standard InChI is InChI=1S/C82H108N18O16S/c1-46(2)33-59-74(109)98-65(73(108)89-41-67(83)103)44-117-45-70(106)92-61(35-49-17-10-8-11-18-49)75(110)95-62(36-51-24-28-54(101)29-25-51)76(111)94-60(34-47(3)4)78(113)99-71(48(5)6)80(115)93-58(23-16-32-86-82(84)85)72(107)90-42-68(104)88-43-69(105)91-63(39-53-40-87-57-22-15-14-21-56(53)57)77(112)97-64(37-52-26-30-55(102)31-27-52)81(116)100(7)66(79(114)96-59)38-50-19-12-9-13-20-50/h8-15,17-22,24-31,40,46-48,58-66,71,87,101-102H,16,23,32-39,41-45H2,1-7H3,(H2,83,103)(H,88,104)(H,89,108)(H,90,107)(H,91,105)(H,92,106)(H,93,115)(H,94,111)(H,95,110)(H,96,114)(H,97,112)(H,98,109)(H,99,113)(H4,84,85,86)/t58-,59-,60-,61-,62-,63-,64-,65-,66-,71-/m0/s1. The molecule has 14 amide bonds. The molecule has 1 fully saturated rings. The lowest BCUT2D eigenvalue weighted by molar-refractivity contribution is -0.143. The molecule has 2 heterocycles. The molecule has 6 aromatic rings. The first-order valence-electron chi connectivity index (χ1n) is 38.6. The van der Waals surface area contributed by atoms with E-state index < -0.39 is 174 Å². The maximum absolute atomic E-state index is 15.6. The van der Waals surface area contributed by atoms with E-state index >= 15 is 14.4 Å². The van der Waals surface area contributed by atoms with Gasteiger partial charge in [-0.3, -0.25) is 72.5 Å². The van der Waals surface area contributed by atoms with Crippen LogP contribution in [0.1, 0.15) is 95.0 Å². The third-order valence-electron chi connectivity index (χ3n) is 19.1. The number of hydrogen-bond acceptors (Lipinski definition) is 18. The third-order valence-corrected chi connectivity index (χ3v) is 20.1. The van der Waals surface area contributed by atoms with Gasteiger partial charge < -0.3 is 101 Å². The fourth-order valence-corrected chi connectivity index (χ4v) is 13.8. The lowest BCUT2D eigenvalue weighted by atomic mass is 9.98. The van der Waals surface area contributed by atoms with Gasteiger partial charge in [-0.05, 0) is 102 Å². The number of H-pyrrole nitrogens is 1. The molecule has 0 spiro atoms. The van der Waals surface area contributed by atoms with Crippen molar-refractivity contribution in [1.82, 2.24) is 79.0 Å². The number of phenolic OH excluding ortho intramolecular Hbond substituents is 2. The van der Waals surface area contributed by atoms with Crippen molar-refractivity contribution >= 4 is 111 Å². The fraction of sp³-hybridized carbons (Fsp3) is 0.427. The average Bonchev–Trinajstić information content (AvgIpc) is 1.78. The molecule has 1 aromatic heterocycles. The van der Waals surface area contributed by atoms with E-state index in [9.17, 15) is 63.0 Å². The Balaban J connectivity index is 1.29. The molecule has 34 nitrogen and oxygen atoms in total. The summed E-state index contributed by atoms with van der Waals surface area (Å²) in [6.45, 7) is 8.18. The quantitative estimate of drug-likeness (QED) is 0.0239. The Kier molecular flexibility index (Phi) is 35.6. The lowest BCUT2D eigenvalue weighted by Crippen LogP contribution is -2.60. The molecule has 7 rings (SSSR count). The SMILES string of the molecule is CC(C)C[C@@H]1NC(=O)[C@H](Cc2ccc(O)cc2)NC(=O)[C@H](Cc2ccccc2)NC(=O)CSC[C@@H](C(=O)NCC(N)=O)NC(=O)[C@H](CC(C)C)NC(=O)[C@H](Cc2ccccc2)N(C)C(=O)[C@H](Cc2ccc(O)cc2)NC(=O)[C@H](Cc2c[nH]c3ccccc23)NC(=O)CNC(=O)CNC(=O)[C@H](CCCNC(=N)N)NC(=O)[C@H](C(C)C)NC1=O. The number of carbonyl (C=O) groups excluding carboxylic acids is 14. The van der Waals surface area contributed by atoms with Crippen LogP contribution in [0, 0.1) is 23.2 Å². The van der Waals surface area contributed by atoms with Gasteiger partial charge in [-0.1, -0.05) is 145 Å². The van der Waals surface area contributed by atoms with Gasteiger partial charge in [-0.15, -0.1) is 11.8 Å². The Labute approximate surface area is 682 Å². The third kappa shape index (κ3) is 30.3. The van der Waals surface area contributed by atoms with Gasteiger partial charge in [-0.2, -0.15) is 0 Å². The van der Waals surface area contributed by atoms with E-state index in [0.717, 1.165) is 16.7 Å². The number of benzene rings is 5. The number of aromatic hydroxyl groups is 2. The van der Waals surface area contributed by atoms with Crippen LogP contribution in [0.2, 0.25) is 0 Å².